The summed E-state index contributed by atoms with van der Waals surface area (Å²) in [5, 5.41) is 12.7. The van der Waals surface area contributed by atoms with E-state index in [2.05, 4.69) is 39.5 Å². The van der Waals surface area contributed by atoms with Crippen LogP contribution in [0.25, 0.3) is 11.1 Å². The Hall–Kier alpha value is -4.29. The Morgan fingerprint density at radius 3 is 2.56 bits per heavy atom. The molecule has 1 amide bonds. The van der Waals surface area contributed by atoms with Crippen LogP contribution in [-0.2, 0) is 30.8 Å². The van der Waals surface area contributed by atoms with Gasteiger partial charge in [-0.1, -0.05) is 54.6 Å². The monoisotopic (exact) mass is 517 g/mol. The highest BCUT2D eigenvalue weighted by atomic mass is 16.4. The van der Waals surface area contributed by atoms with Crippen molar-refractivity contribution in [3.63, 3.8) is 0 Å². The molecule has 0 unspecified atom stereocenters. The van der Waals surface area contributed by atoms with Crippen molar-refractivity contribution in [2.45, 2.75) is 38.4 Å². The summed E-state index contributed by atoms with van der Waals surface area (Å²) in [7, 11) is 0. The van der Waals surface area contributed by atoms with E-state index in [1.807, 2.05) is 48.8 Å². The van der Waals surface area contributed by atoms with Gasteiger partial charge in [-0.3, -0.25) is 14.7 Å². The lowest BCUT2D eigenvalue weighted by molar-refractivity contribution is -0.122. The van der Waals surface area contributed by atoms with Gasteiger partial charge in [0.05, 0.1) is 5.56 Å². The number of pyridine rings is 1. The number of carboxylic acid groups (broad SMARTS) is 1. The second kappa shape index (κ2) is 10.8. The molecule has 6 heteroatoms. The lowest BCUT2D eigenvalue weighted by atomic mass is 9.87. The molecule has 2 heterocycles. The number of rotatable bonds is 8. The van der Waals surface area contributed by atoms with Gasteiger partial charge in [0.2, 0.25) is 5.91 Å². The van der Waals surface area contributed by atoms with Gasteiger partial charge in [-0.15, -0.1) is 0 Å². The van der Waals surface area contributed by atoms with E-state index < -0.39 is 5.97 Å². The van der Waals surface area contributed by atoms with Gasteiger partial charge in [-0.25, -0.2) is 4.79 Å². The van der Waals surface area contributed by atoms with Crippen LogP contribution in [0, 0.1) is 5.92 Å². The van der Waals surface area contributed by atoms with Crippen LogP contribution in [-0.4, -0.2) is 33.4 Å². The molecule has 196 valence electrons. The van der Waals surface area contributed by atoms with Crippen LogP contribution in [0.2, 0.25) is 0 Å². The highest BCUT2D eigenvalue weighted by molar-refractivity contribution is 5.89. The Balaban J connectivity index is 1.25. The normalized spacial score (nSPS) is 18.3. The number of carbonyl (C=O) groups excluding carboxylic acids is 1. The summed E-state index contributed by atoms with van der Waals surface area (Å²) < 4.78 is 0. The van der Waals surface area contributed by atoms with Crippen LogP contribution < -0.4 is 5.32 Å². The van der Waals surface area contributed by atoms with E-state index in [1.54, 1.807) is 18.2 Å². The van der Waals surface area contributed by atoms with Gasteiger partial charge in [-0.2, -0.15) is 0 Å². The number of fused-ring (bicyclic) bond motifs is 1. The van der Waals surface area contributed by atoms with Crippen molar-refractivity contribution >= 4 is 11.9 Å². The third-order valence-electron chi connectivity index (χ3n) is 7.97. The van der Waals surface area contributed by atoms with Crippen molar-refractivity contribution in [1.82, 2.24) is 15.2 Å². The summed E-state index contributed by atoms with van der Waals surface area (Å²) in [4.78, 5) is 31.2. The van der Waals surface area contributed by atoms with Crippen molar-refractivity contribution < 1.29 is 14.7 Å². The quantitative estimate of drug-likeness (QED) is 0.326. The van der Waals surface area contributed by atoms with Crippen molar-refractivity contribution in [2.75, 3.05) is 6.54 Å². The zero-order valence-corrected chi connectivity index (χ0v) is 21.7. The fraction of sp³-hybridized carbons (Fsp3) is 0.242. The van der Waals surface area contributed by atoms with Crippen LogP contribution in [0.4, 0.5) is 0 Å². The van der Waals surface area contributed by atoms with Crippen molar-refractivity contribution in [3.05, 3.63) is 125 Å². The number of nitrogens with zero attached hydrogens (tertiary/aromatic N) is 2. The lowest BCUT2D eigenvalue weighted by Gasteiger charge is -2.32. The molecule has 6 nitrogen and oxygen atoms in total. The van der Waals surface area contributed by atoms with Gasteiger partial charge >= 0.3 is 5.97 Å². The molecule has 1 fully saturated rings. The molecule has 6 rings (SSSR count). The zero-order valence-electron chi connectivity index (χ0n) is 21.7. The molecule has 2 atom stereocenters. The maximum Gasteiger partial charge on any atom is 0.335 e. The number of amides is 1. The van der Waals surface area contributed by atoms with Crippen LogP contribution in [0.5, 0.6) is 0 Å². The number of benzene rings is 3. The average Bonchev–Trinajstić information content (AvgIpc) is 3.78. The van der Waals surface area contributed by atoms with E-state index in [4.69, 9.17) is 0 Å². The fourth-order valence-electron chi connectivity index (χ4n) is 5.80. The van der Waals surface area contributed by atoms with Gasteiger partial charge in [0.1, 0.15) is 0 Å². The molecule has 0 spiro atoms. The van der Waals surface area contributed by atoms with Gasteiger partial charge in [0.25, 0.3) is 0 Å². The highest BCUT2D eigenvalue weighted by Gasteiger charge is 2.43. The molecule has 2 N–H and O–H groups in total. The Morgan fingerprint density at radius 2 is 1.77 bits per heavy atom. The third-order valence-corrected chi connectivity index (χ3v) is 7.97. The molecule has 1 saturated carbocycles. The van der Waals surface area contributed by atoms with Gasteiger partial charge in [-0.05, 0) is 82.0 Å². The molecular formula is C33H31N3O3. The summed E-state index contributed by atoms with van der Waals surface area (Å²) >= 11 is 0. The Kier molecular flexibility index (Phi) is 6.95. The smallest absolute Gasteiger partial charge is 0.335 e. The summed E-state index contributed by atoms with van der Waals surface area (Å²) in [6.07, 6.45) is 5.39. The Morgan fingerprint density at radius 1 is 0.949 bits per heavy atom. The van der Waals surface area contributed by atoms with E-state index >= 15 is 0 Å². The minimum atomic E-state index is -0.928. The number of carbonyl (C=O) groups is 2. The van der Waals surface area contributed by atoms with E-state index in [1.165, 1.54) is 22.3 Å². The second-order valence-electron chi connectivity index (χ2n) is 10.5. The molecule has 1 aromatic heterocycles. The molecule has 39 heavy (non-hydrogen) atoms. The molecular weight excluding hydrogens is 486 g/mol. The number of hydrogen-bond acceptors (Lipinski definition) is 4. The average molecular weight is 518 g/mol. The molecule has 1 aliphatic heterocycles. The van der Waals surface area contributed by atoms with Crippen molar-refractivity contribution in [1.29, 1.82) is 0 Å². The lowest BCUT2D eigenvalue weighted by Crippen LogP contribution is -2.32. The topological polar surface area (TPSA) is 82.5 Å². The largest absolute Gasteiger partial charge is 0.478 e. The van der Waals surface area contributed by atoms with E-state index in [0.29, 0.717) is 12.5 Å². The van der Waals surface area contributed by atoms with E-state index in [9.17, 15) is 14.7 Å². The van der Waals surface area contributed by atoms with Gasteiger partial charge in [0.15, 0.2) is 0 Å². The summed E-state index contributed by atoms with van der Waals surface area (Å²) in [6.45, 7) is 2.98. The molecule has 3 aromatic carbocycles. The number of aromatic carboxylic acids is 1. The minimum absolute atomic E-state index is 0.0319. The van der Waals surface area contributed by atoms with E-state index in [-0.39, 0.29) is 17.4 Å². The summed E-state index contributed by atoms with van der Waals surface area (Å²) in [6, 6.07) is 25.7. The fourth-order valence-corrected chi connectivity index (χ4v) is 5.80. The first-order valence-electron chi connectivity index (χ1n) is 13.5. The second-order valence-corrected chi connectivity index (χ2v) is 10.5. The maximum atomic E-state index is 13.0. The number of nitrogens with one attached hydrogen (secondary N) is 1. The van der Waals surface area contributed by atoms with Crippen molar-refractivity contribution in [3.8, 4) is 11.1 Å². The molecule has 4 aromatic rings. The van der Waals surface area contributed by atoms with Crippen LogP contribution >= 0.6 is 0 Å². The molecule has 0 saturated heterocycles. The zero-order chi connectivity index (χ0) is 26.8. The Bertz CT molecular complexity index is 1500. The maximum absolute atomic E-state index is 13.0. The van der Waals surface area contributed by atoms with E-state index in [0.717, 1.165) is 49.2 Å². The van der Waals surface area contributed by atoms with Crippen LogP contribution in [0.15, 0.2) is 91.3 Å². The predicted octanol–water partition coefficient (Wildman–Crippen LogP) is 5.43. The number of aromatic nitrogens is 1. The molecule has 0 radical (unpaired) electrons. The highest BCUT2D eigenvalue weighted by Crippen LogP contribution is 2.47. The standard InChI is InChI=1S/C33H31N3O3/c37-32(30-18-29(30)23-5-2-1-3-6-23)35-19-26-9-10-27(24-7-4-8-25(17-24)33(38)39)28-13-16-36(21-31(26)28)20-22-11-14-34-15-12-22/h1-12,14-15,17,29-30H,13,16,18-21H2,(H,35,37)(H,38,39)/t29-,30-/m0/s1. The van der Waals surface area contributed by atoms with Crippen LogP contribution in [0.1, 0.15) is 50.5 Å². The first kappa shape index (κ1) is 25.0. The molecule has 0 bridgehead atoms. The number of hydrogen-bond donors (Lipinski definition) is 2. The molecule has 1 aliphatic carbocycles. The molecule has 2 aliphatic rings. The van der Waals surface area contributed by atoms with Gasteiger partial charge < -0.3 is 10.4 Å². The SMILES string of the molecule is O=C(O)c1cccc(-c2ccc(CNC(=O)[C@H]3C[C@H]3c3ccccc3)c3c2CCN(Cc2ccncc2)C3)c1. The van der Waals surface area contributed by atoms with Crippen LogP contribution in [0.3, 0.4) is 0 Å². The Labute approximate surface area is 228 Å². The minimum Gasteiger partial charge on any atom is -0.478 e. The summed E-state index contributed by atoms with van der Waals surface area (Å²) in [5.41, 5.74) is 8.29. The first-order chi connectivity index (χ1) is 19.1. The van der Waals surface area contributed by atoms with Gasteiger partial charge in [0, 0.05) is 44.5 Å². The van der Waals surface area contributed by atoms with Crippen molar-refractivity contribution in [2.24, 2.45) is 5.92 Å². The summed E-state index contributed by atoms with van der Waals surface area (Å²) in [5.74, 6) is -0.480. The first-order valence-corrected chi connectivity index (χ1v) is 13.5. The number of carboxylic acids is 1. The third kappa shape index (κ3) is 5.47. The predicted molar refractivity (Wildman–Crippen MR) is 150 cm³/mol.